The largest absolute Gasteiger partial charge is 0.413 e. The van der Waals surface area contributed by atoms with E-state index in [-0.39, 0.29) is 34.2 Å². The molecule has 0 aliphatic carbocycles. The van der Waals surface area contributed by atoms with Crippen LogP contribution in [0.15, 0.2) is 0 Å². The van der Waals surface area contributed by atoms with Crippen molar-refractivity contribution in [1.29, 1.82) is 0 Å². The van der Waals surface area contributed by atoms with Crippen molar-refractivity contribution >= 4 is 22.5 Å². The highest BCUT2D eigenvalue weighted by atomic mass is 28.4. The average molecular weight is 388 g/mol. The van der Waals surface area contributed by atoms with Crippen molar-refractivity contribution in [2.24, 2.45) is 11.8 Å². The van der Waals surface area contributed by atoms with Crippen LogP contribution in [0.25, 0.3) is 0 Å². The normalized spacial score (nSPS) is 24.1. The smallest absolute Gasteiger partial charge is 0.232 e. The van der Waals surface area contributed by atoms with Crippen LogP contribution in [0.5, 0.6) is 0 Å². The van der Waals surface area contributed by atoms with E-state index in [9.17, 15) is 4.79 Å². The molecular formula is C19H41NO3Si2. The molecule has 1 aliphatic heterocycles. The van der Waals surface area contributed by atoms with Gasteiger partial charge >= 0.3 is 0 Å². The van der Waals surface area contributed by atoms with Crippen LogP contribution in [0, 0.1) is 11.8 Å². The molecule has 0 spiro atoms. The van der Waals surface area contributed by atoms with Crippen molar-refractivity contribution in [3.63, 3.8) is 0 Å². The molecule has 1 fully saturated rings. The van der Waals surface area contributed by atoms with Gasteiger partial charge in [-0.05, 0) is 49.1 Å². The molecule has 3 unspecified atom stereocenters. The van der Waals surface area contributed by atoms with E-state index in [1.807, 2.05) is 6.92 Å². The van der Waals surface area contributed by atoms with Crippen molar-refractivity contribution in [3.05, 3.63) is 0 Å². The Morgan fingerprint density at radius 2 is 1.44 bits per heavy atom. The Balaban J connectivity index is 2.87. The lowest BCUT2D eigenvalue weighted by molar-refractivity contribution is -0.152. The Hall–Kier alpha value is -0.176. The quantitative estimate of drug-likeness (QED) is 0.487. The minimum Gasteiger partial charge on any atom is -0.413 e. The second-order valence-electron chi connectivity index (χ2n) is 10.5. The summed E-state index contributed by atoms with van der Waals surface area (Å²) in [5, 5.41) is 3.22. The van der Waals surface area contributed by atoms with Crippen LogP contribution in [0.2, 0.25) is 36.3 Å². The Morgan fingerprint density at radius 3 is 1.80 bits per heavy atom. The van der Waals surface area contributed by atoms with Crippen molar-refractivity contribution in [2.45, 2.75) is 104 Å². The van der Waals surface area contributed by atoms with Gasteiger partial charge in [0.15, 0.2) is 16.6 Å². The van der Waals surface area contributed by atoms with Gasteiger partial charge in [-0.1, -0.05) is 48.5 Å². The van der Waals surface area contributed by atoms with Crippen LogP contribution in [0.1, 0.15) is 55.4 Å². The summed E-state index contributed by atoms with van der Waals surface area (Å²) in [5.74, 6) is 0.392. The first-order valence-corrected chi connectivity index (χ1v) is 15.4. The minimum absolute atomic E-state index is 0.0587. The van der Waals surface area contributed by atoms with Gasteiger partial charge in [0.1, 0.15) is 12.1 Å². The van der Waals surface area contributed by atoms with Gasteiger partial charge in [-0.15, -0.1) is 0 Å². The third kappa shape index (κ3) is 4.57. The first-order valence-electron chi connectivity index (χ1n) is 9.60. The topological polar surface area (TPSA) is 47.6 Å². The zero-order valence-electron chi connectivity index (χ0n) is 18.5. The van der Waals surface area contributed by atoms with E-state index >= 15 is 0 Å². The highest BCUT2D eigenvalue weighted by molar-refractivity contribution is 6.74. The van der Waals surface area contributed by atoms with Crippen molar-refractivity contribution in [1.82, 2.24) is 5.32 Å². The summed E-state index contributed by atoms with van der Waals surface area (Å²) in [4.78, 5) is 12.2. The lowest BCUT2D eigenvalue weighted by Gasteiger charge is -2.50. The zero-order chi connectivity index (χ0) is 20.0. The monoisotopic (exact) mass is 387 g/mol. The van der Waals surface area contributed by atoms with Gasteiger partial charge in [0.25, 0.3) is 0 Å². The molecule has 25 heavy (non-hydrogen) atoms. The maximum atomic E-state index is 12.2. The molecule has 1 amide bonds. The van der Waals surface area contributed by atoms with Gasteiger partial charge in [-0.2, -0.15) is 0 Å². The molecule has 4 nitrogen and oxygen atoms in total. The molecule has 0 aromatic rings. The molecule has 6 heteroatoms. The van der Waals surface area contributed by atoms with Crippen molar-refractivity contribution in [2.75, 3.05) is 0 Å². The average Bonchev–Trinajstić information content (AvgIpc) is 2.34. The van der Waals surface area contributed by atoms with Gasteiger partial charge < -0.3 is 14.2 Å². The van der Waals surface area contributed by atoms with Gasteiger partial charge in [-0.25, -0.2) is 0 Å². The van der Waals surface area contributed by atoms with E-state index < -0.39 is 16.6 Å². The lowest BCUT2D eigenvalue weighted by Crippen LogP contribution is -2.67. The SMILES string of the molecule is CC(O[Si](C)(C)C(C)(C)C(C)C)C1C(=O)NC1O[Si](C)(C)C(C)(C)C. The molecular weight excluding hydrogens is 346 g/mol. The first-order chi connectivity index (χ1) is 10.9. The van der Waals surface area contributed by atoms with Gasteiger partial charge in [0.05, 0.1) is 6.10 Å². The highest BCUT2D eigenvalue weighted by Gasteiger charge is 2.52. The van der Waals surface area contributed by atoms with E-state index in [2.05, 4.69) is 80.0 Å². The molecule has 1 N–H and O–H groups in total. The zero-order valence-corrected chi connectivity index (χ0v) is 20.5. The summed E-state index contributed by atoms with van der Waals surface area (Å²) in [6.07, 6.45) is -0.335. The fraction of sp³-hybridized carbons (Fsp3) is 0.947. The molecule has 1 heterocycles. The fourth-order valence-corrected chi connectivity index (χ4v) is 6.77. The molecule has 0 bridgehead atoms. The van der Waals surface area contributed by atoms with E-state index in [4.69, 9.17) is 8.85 Å². The van der Waals surface area contributed by atoms with E-state index in [0.29, 0.717) is 5.92 Å². The summed E-state index contributed by atoms with van der Waals surface area (Å²) < 4.78 is 13.0. The number of hydrogen-bond acceptors (Lipinski definition) is 3. The first kappa shape index (κ1) is 22.9. The number of β-lactam (4-membered cyclic amide) rings is 1. The summed E-state index contributed by atoms with van der Waals surface area (Å²) >= 11 is 0. The Bertz CT molecular complexity index is 495. The second-order valence-corrected chi connectivity index (χ2v) is 19.8. The molecule has 0 saturated carbocycles. The molecule has 3 atom stereocenters. The van der Waals surface area contributed by atoms with Crippen LogP contribution in [0.3, 0.4) is 0 Å². The number of hydrogen-bond donors (Lipinski definition) is 1. The number of carbonyl (C=O) groups excluding carboxylic acids is 1. The summed E-state index contributed by atoms with van der Waals surface area (Å²) in [6.45, 7) is 26.8. The molecule has 1 rings (SSSR count). The maximum Gasteiger partial charge on any atom is 0.232 e. The fourth-order valence-electron chi connectivity index (χ4n) is 2.81. The van der Waals surface area contributed by atoms with Crippen LogP contribution in [0.4, 0.5) is 0 Å². The maximum absolute atomic E-state index is 12.2. The molecule has 148 valence electrons. The Morgan fingerprint density at radius 1 is 0.960 bits per heavy atom. The third-order valence-electron chi connectivity index (χ3n) is 7.12. The number of rotatable bonds is 7. The second kappa shape index (κ2) is 7.09. The molecule has 1 saturated heterocycles. The summed E-state index contributed by atoms with van der Waals surface area (Å²) in [5.41, 5.74) is 0. The van der Waals surface area contributed by atoms with Gasteiger partial charge in [0, 0.05) is 0 Å². The van der Waals surface area contributed by atoms with E-state index in [1.165, 1.54) is 0 Å². The standard InChI is InChI=1S/C19H41NO3Si2/c1-13(2)19(7,8)25(11,12)22-14(3)15-16(21)20-17(15)23-24(9,10)18(4,5)6/h13-15,17H,1-12H3,(H,20,21). The molecule has 1 aliphatic rings. The number of carbonyl (C=O) groups is 1. The Kier molecular flexibility index (Phi) is 6.49. The van der Waals surface area contributed by atoms with Gasteiger partial charge in [0.2, 0.25) is 5.91 Å². The summed E-state index contributed by atoms with van der Waals surface area (Å²) in [7, 11) is -3.91. The predicted octanol–water partition coefficient (Wildman–Crippen LogP) is 5.13. The van der Waals surface area contributed by atoms with E-state index in [0.717, 1.165) is 0 Å². The Labute approximate surface area is 157 Å². The van der Waals surface area contributed by atoms with Crippen molar-refractivity contribution < 1.29 is 13.6 Å². The minimum atomic E-state index is -1.98. The van der Waals surface area contributed by atoms with Crippen LogP contribution in [-0.2, 0) is 13.6 Å². The van der Waals surface area contributed by atoms with Crippen molar-refractivity contribution in [3.8, 4) is 0 Å². The summed E-state index contributed by atoms with van der Waals surface area (Å²) in [6, 6.07) is 0. The van der Waals surface area contributed by atoms with Crippen LogP contribution < -0.4 is 5.32 Å². The lowest BCUT2D eigenvalue weighted by atomic mass is 9.94. The molecule has 0 aromatic heterocycles. The highest BCUT2D eigenvalue weighted by Crippen LogP contribution is 2.46. The predicted molar refractivity (Wildman–Crippen MR) is 111 cm³/mol. The molecule has 0 aromatic carbocycles. The van der Waals surface area contributed by atoms with Gasteiger partial charge in [-0.3, -0.25) is 4.79 Å². The molecule has 0 radical (unpaired) electrons. The van der Waals surface area contributed by atoms with E-state index in [1.54, 1.807) is 0 Å². The number of nitrogens with one attached hydrogen (secondary N) is 1. The van der Waals surface area contributed by atoms with Crippen LogP contribution >= 0.6 is 0 Å². The number of amides is 1. The third-order valence-corrected chi connectivity index (χ3v) is 16.2. The van der Waals surface area contributed by atoms with Crippen LogP contribution in [-0.4, -0.2) is 34.9 Å².